The van der Waals surface area contributed by atoms with Crippen molar-refractivity contribution in [1.29, 1.82) is 0 Å². The molecule has 0 bridgehead atoms. The third kappa shape index (κ3) is 3.03. The van der Waals surface area contributed by atoms with E-state index in [1.54, 1.807) is 19.2 Å². The Kier molecular flexibility index (Phi) is 4.65. The third-order valence-electron chi connectivity index (χ3n) is 5.48. The van der Waals surface area contributed by atoms with Gasteiger partial charge in [0.05, 0.1) is 7.11 Å². The van der Waals surface area contributed by atoms with Crippen LogP contribution in [0.15, 0.2) is 35.5 Å². The number of carbonyl (C=O) groups is 2. The van der Waals surface area contributed by atoms with Crippen LogP contribution in [0.1, 0.15) is 44.6 Å². The van der Waals surface area contributed by atoms with Gasteiger partial charge in [-0.1, -0.05) is 37.6 Å². The molecule has 1 aliphatic carbocycles. The fourth-order valence-corrected chi connectivity index (χ4v) is 4.23. The molecular formula is C20H24ClNO4. The molecule has 2 aliphatic rings. The van der Waals surface area contributed by atoms with E-state index >= 15 is 0 Å². The number of Topliss-reactive ketones (excluding diaryl/α,β-unsaturated/α-hetero) is 1. The quantitative estimate of drug-likeness (QED) is 0.801. The van der Waals surface area contributed by atoms with Crippen LogP contribution >= 0.6 is 11.6 Å². The molecule has 0 aromatic heterocycles. The molecule has 0 saturated carbocycles. The van der Waals surface area contributed by atoms with Gasteiger partial charge < -0.3 is 14.7 Å². The van der Waals surface area contributed by atoms with E-state index in [-0.39, 0.29) is 23.5 Å². The molecule has 1 aromatic carbocycles. The summed E-state index contributed by atoms with van der Waals surface area (Å²) in [5.41, 5.74) is 0.202. The minimum Gasteiger partial charge on any atom is -0.465 e. The Morgan fingerprint density at radius 2 is 1.88 bits per heavy atom. The van der Waals surface area contributed by atoms with Gasteiger partial charge in [0.25, 0.3) is 0 Å². The second kappa shape index (κ2) is 6.39. The minimum absolute atomic E-state index is 0.0583. The first-order valence-electron chi connectivity index (χ1n) is 8.65. The molecule has 2 atom stereocenters. The number of halogens is 1. The predicted molar refractivity (Wildman–Crippen MR) is 98.6 cm³/mol. The second-order valence-corrected chi connectivity index (χ2v) is 8.41. The van der Waals surface area contributed by atoms with Crippen molar-refractivity contribution < 1.29 is 19.4 Å². The molecule has 3 rings (SSSR count). The van der Waals surface area contributed by atoms with Gasteiger partial charge in [-0.15, -0.1) is 0 Å². The van der Waals surface area contributed by atoms with Gasteiger partial charge in [-0.25, -0.2) is 4.79 Å². The Labute approximate surface area is 158 Å². The summed E-state index contributed by atoms with van der Waals surface area (Å²) in [4.78, 5) is 26.9. The van der Waals surface area contributed by atoms with Gasteiger partial charge in [-0.2, -0.15) is 0 Å². The van der Waals surface area contributed by atoms with Gasteiger partial charge in [-0.05, 0) is 29.5 Å². The van der Waals surface area contributed by atoms with Crippen LogP contribution in [0.3, 0.4) is 0 Å². The maximum absolute atomic E-state index is 13.0. The standard InChI is InChI=1S/C20H24ClNO4/c1-19(2)10-15-17(16(23)11-19)14(12-5-7-13(21)8-6-12)9-20(25,22(15)3)18(24)26-4/h5-8,14,25H,9-11H2,1-4H3/t14-,20-/m1/s1. The SMILES string of the molecule is COC(=O)[C@]1(O)C[C@H](c2ccc(Cl)cc2)C2=C(CC(C)(C)CC2=O)N1C. The van der Waals surface area contributed by atoms with E-state index in [1.807, 2.05) is 26.0 Å². The number of ketones is 1. The lowest BCUT2D eigenvalue weighted by molar-refractivity contribution is -0.185. The average molecular weight is 378 g/mol. The Bertz CT molecular complexity index is 784. The van der Waals surface area contributed by atoms with Crippen LogP contribution in [0.2, 0.25) is 5.02 Å². The molecule has 1 aliphatic heterocycles. The van der Waals surface area contributed by atoms with Crippen LogP contribution in [0, 0.1) is 5.41 Å². The molecule has 5 nitrogen and oxygen atoms in total. The summed E-state index contributed by atoms with van der Waals surface area (Å²) in [5.74, 6) is -1.04. The molecule has 1 heterocycles. The number of carbonyl (C=O) groups excluding carboxylic acids is 2. The molecular weight excluding hydrogens is 354 g/mol. The smallest absolute Gasteiger partial charge is 0.359 e. The topological polar surface area (TPSA) is 66.8 Å². The molecule has 0 unspecified atom stereocenters. The number of rotatable bonds is 2. The van der Waals surface area contributed by atoms with E-state index in [9.17, 15) is 14.7 Å². The summed E-state index contributed by atoms with van der Waals surface area (Å²) in [6, 6.07) is 7.19. The Morgan fingerprint density at radius 3 is 2.46 bits per heavy atom. The van der Waals surface area contributed by atoms with Crippen molar-refractivity contribution in [3.05, 3.63) is 46.1 Å². The van der Waals surface area contributed by atoms with Crippen molar-refractivity contribution in [2.45, 2.75) is 44.8 Å². The maximum Gasteiger partial charge on any atom is 0.359 e. The zero-order chi connectivity index (χ0) is 19.3. The van der Waals surface area contributed by atoms with E-state index < -0.39 is 11.7 Å². The molecule has 6 heteroatoms. The van der Waals surface area contributed by atoms with Crippen molar-refractivity contribution in [3.63, 3.8) is 0 Å². The lowest BCUT2D eigenvalue weighted by Gasteiger charge is -2.49. The number of aliphatic hydroxyl groups is 1. The van der Waals surface area contributed by atoms with Gasteiger partial charge >= 0.3 is 5.97 Å². The summed E-state index contributed by atoms with van der Waals surface area (Å²) in [6.45, 7) is 4.04. The van der Waals surface area contributed by atoms with Crippen LogP contribution in [0.25, 0.3) is 0 Å². The molecule has 0 radical (unpaired) electrons. The maximum atomic E-state index is 13.0. The fraction of sp³-hybridized carbons (Fsp3) is 0.500. The number of nitrogens with zero attached hydrogens (tertiary/aromatic N) is 1. The molecule has 140 valence electrons. The number of likely N-dealkylation sites (N-methyl/N-ethyl adjacent to an activating group) is 1. The van der Waals surface area contributed by atoms with Gasteiger partial charge in [-0.3, -0.25) is 4.79 Å². The molecule has 0 amide bonds. The van der Waals surface area contributed by atoms with E-state index in [2.05, 4.69) is 0 Å². The van der Waals surface area contributed by atoms with Crippen molar-refractivity contribution in [2.24, 2.45) is 5.41 Å². The average Bonchev–Trinajstić information content (AvgIpc) is 2.57. The highest BCUT2D eigenvalue weighted by Gasteiger charge is 2.53. The third-order valence-corrected chi connectivity index (χ3v) is 5.73. The zero-order valence-corrected chi connectivity index (χ0v) is 16.3. The van der Waals surface area contributed by atoms with Crippen molar-refractivity contribution in [2.75, 3.05) is 14.2 Å². The molecule has 1 aromatic rings. The number of methoxy groups -OCH3 is 1. The Balaban J connectivity index is 2.18. The highest BCUT2D eigenvalue weighted by Crippen LogP contribution is 2.50. The number of hydrogen-bond donors (Lipinski definition) is 1. The largest absolute Gasteiger partial charge is 0.465 e. The van der Waals surface area contributed by atoms with Crippen LogP contribution in [-0.2, 0) is 14.3 Å². The summed E-state index contributed by atoms with van der Waals surface area (Å²) in [6.07, 6.45) is 1.11. The number of benzene rings is 1. The van der Waals surface area contributed by atoms with Crippen molar-refractivity contribution >= 4 is 23.4 Å². The lowest BCUT2D eigenvalue weighted by atomic mass is 9.67. The number of allylic oxidation sites excluding steroid dienone is 2. The first-order valence-corrected chi connectivity index (χ1v) is 9.03. The highest BCUT2D eigenvalue weighted by molar-refractivity contribution is 6.30. The minimum atomic E-state index is -1.81. The first-order chi connectivity index (χ1) is 12.1. The number of hydrogen-bond acceptors (Lipinski definition) is 5. The molecule has 0 spiro atoms. The van der Waals surface area contributed by atoms with E-state index in [4.69, 9.17) is 16.3 Å². The summed E-state index contributed by atoms with van der Waals surface area (Å²) >= 11 is 6.00. The van der Waals surface area contributed by atoms with Gasteiger partial charge in [0.1, 0.15) is 0 Å². The highest BCUT2D eigenvalue weighted by atomic mass is 35.5. The summed E-state index contributed by atoms with van der Waals surface area (Å²) < 4.78 is 4.87. The normalized spacial score (nSPS) is 28.0. The first kappa shape index (κ1) is 18.9. The molecule has 1 N–H and O–H groups in total. The number of ether oxygens (including phenoxy) is 1. The van der Waals surface area contributed by atoms with Crippen molar-refractivity contribution in [1.82, 2.24) is 4.90 Å². The van der Waals surface area contributed by atoms with Crippen molar-refractivity contribution in [3.8, 4) is 0 Å². The molecule has 0 fully saturated rings. The molecule has 0 saturated heterocycles. The van der Waals surface area contributed by atoms with Gasteiger partial charge in [0, 0.05) is 42.1 Å². The van der Waals surface area contributed by atoms with E-state index in [1.165, 1.54) is 12.0 Å². The Hall–Kier alpha value is -1.85. The van der Waals surface area contributed by atoms with Gasteiger partial charge in [0.15, 0.2) is 5.78 Å². The van der Waals surface area contributed by atoms with Crippen LogP contribution < -0.4 is 0 Å². The zero-order valence-electron chi connectivity index (χ0n) is 15.5. The van der Waals surface area contributed by atoms with Crippen LogP contribution in [-0.4, -0.2) is 41.6 Å². The lowest BCUT2D eigenvalue weighted by Crippen LogP contribution is -2.58. The summed E-state index contributed by atoms with van der Waals surface area (Å²) in [5, 5.41) is 11.8. The monoisotopic (exact) mass is 377 g/mol. The van der Waals surface area contributed by atoms with Crippen LogP contribution in [0.4, 0.5) is 0 Å². The van der Waals surface area contributed by atoms with E-state index in [0.29, 0.717) is 29.1 Å². The molecule has 26 heavy (non-hydrogen) atoms. The van der Waals surface area contributed by atoms with Gasteiger partial charge in [0.2, 0.25) is 5.72 Å². The summed E-state index contributed by atoms with van der Waals surface area (Å²) in [7, 11) is 2.91. The fourth-order valence-electron chi connectivity index (χ4n) is 4.11. The predicted octanol–water partition coefficient (Wildman–Crippen LogP) is 3.26. The Morgan fingerprint density at radius 1 is 1.27 bits per heavy atom. The second-order valence-electron chi connectivity index (χ2n) is 7.98. The van der Waals surface area contributed by atoms with Crippen LogP contribution in [0.5, 0.6) is 0 Å². The van der Waals surface area contributed by atoms with E-state index in [0.717, 1.165) is 5.56 Å². The number of esters is 1.